The summed E-state index contributed by atoms with van der Waals surface area (Å²) in [7, 11) is 3.14. The highest BCUT2D eigenvalue weighted by Gasteiger charge is 2.33. The lowest BCUT2D eigenvalue weighted by molar-refractivity contribution is 0.0869. The first-order valence-corrected chi connectivity index (χ1v) is 6.36. The smallest absolute Gasteiger partial charge is 0.130 e. The van der Waals surface area contributed by atoms with E-state index < -0.39 is 5.60 Å². The number of hydrogen-bond donors (Lipinski definition) is 2. The first kappa shape index (κ1) is 14.4. The monoisotopic (exact) mass is 273 g/mol. The summed E-state index contributed by atoms with van der Waals surface area (Å²) in [5.74, 6) is 1.21. The molecule has 0 fully saturated rings. The average Bonchev–Trinajstić information content (AvgIpc) is 2.54. The van der Waals surface area contributed by atoms with Crippen molar-refractivity contribution >= 4 is 0 Å². The Kier molecular flexibility index (Phi) is 4.27. The Labute approximate surface area is 118 Å². The van der Waals surface area contributed by atoms with Gasteiger partial charge in [-0.05, 0) is 23.8 Å². The number of ether oxygens (including phenoxy) is 2. The number of methoxy groups -OCH3 is 2. The number of nitrogens with two attached hydrogens (primary N) is 1. The highest BCUT2D eigenvalue weighted by molar-refractivity contribution is 5.48. The van der Waals surface area contributed by atoms with E-state index in [9.17, 15) is 5.11 Å². The standard InChI is InChI=1S/C16H19NO3/c1-19-13-8-9-15(20-2)14(10-13)16(18,11-17)12-6-4-3-5-7-12/h3-10,18H,11,17H2,1-2H3. The molecule has 1 atom stereocenters. The normalized spacial score (nSPS) is 13.6. The number of benzene rings is 2. The van der Waals surface area contributed by atoms with Gasteiger partial charge in [-0.25, -0.2) is 0 Å². The van der Waals surface area contributed by atoms with E-state index in [1.165, 1.54) is 0 Å². The van der Waals surface area contributed by atoms with E-state index in [0.29, 0.717) is 22.6 Å². The molecule has 2 rings (SSSR count). The van der Waals surface area contributed by atoms with Crippen LogP contribution in [0.5, 0.6) is 11.5 Å². The van der Waals surface area contributed by atoms with Crippen LogP contribution in [0.15, 0.2) is 48.5 Å². The topological polar surface area (TPSA) is 64.7 Å². The number of aliphatic hydroxyl groups is 1. The van der Waals surface area contributed by atoms with Crippen molar-refractivity contribution in [3.05, 3.63) is 59.7 Å². The van der Waals surface area contributed by atoms with Crippen LogP contribution in [0.4, 0.5) is 0 Å². The average molecular weight is 273 g/mol. The quantitative estimate of drug-likeness (QED) is 0.873. The van der Waals surface area contributed by atoms with E-state index in [2.05, 4.69) is 0 Å². The summed E-state index contributed by atoms with van der Waals surface area (Å²) in [5.41, 5.74) is 5.83. The summed E-state index contributed by atoms with van der Waals surface area (Å²) in [5, 5.41) is 11.0. The van der Waals surface area contributed by atoms with Gasteiger partial charge in [0.1, 0.15) is 17.1 Å². The van der Waals surface area contributed by atoms with Crippen LogP contribution in [-0.2, 0) is 5.60 Å². The summed E-state index contributed by atoms with van der Waals surface area (Å²) in [4.78, 5) is 0. The number of rotatable bonds is 5. The minimum Gasteiger partial charge on any atom is -0.497 e. The molecular formula is C16H19NO3. The highest BCUT2D eigenvalue weighted by atomic mass is 16.5. The zero-order valence-electron chi connectivity index (χ0n) is 11.7. The van der Waals surface area contributed by atoms with Gasteiger partial charge in [-0.2, -0.15) is 0 Å². The van der Waals surface area contributed by atoms with Gasteiger partial charge in [-0.3, -0.25) is 0 Å². The van der Waals surface area contributed by atoms with Crippen molar-refractivity contribution in [3.63, 3.8) is 0 Å². The zero-order chi connectivity index (χ0) is 14.6. The third-order valence-corrected chi connectivity index (χ3v) is 3.40. The predicted molar refractivity (Wildman–Crippen MR) is 78.0 cm³/mol. The van der Waals surface area contributed by atoms with Crippen LogP contribution < -0.4 is 15.2 Å². The van der Waals surface area contributed by atoms with Gasteiger partial charge >= 0.3 is 0 Å². The SMILES string of the molecule is COc1ccc(OC)c(C(O)(CN)c2ccccc2)c1. The van der Waals surface area contributed by atoms with Gasteiger partial charge in [-0.15, -0.1) is 0 Å². The molecule has 106 valence electrons. The lowest BCUT2D eigenvalue weighted by Gasteiger charge is -2.29. The maximum Gasteiger partial charge on any atom is 0.130 e. The molecule has 0 aromatic heterocycles. The molecule has 0 aliphatic heterocycles. The van der Waals surface area contributed by atoms with Crippen molar-refractivity contribution in [2.45, 2.75) is 5.60 Å². The van der Waals surface area contributed by atoms with Gasteiger partial charge in [0.05, 0.1) is 14.2 Å². The van der Waals surface area contributed by atoms with E-state index in [-0.39, 0.29) is 6.54 Å². The van der Waals surface area contributed by atoms with Gasteiger partial charge in [0, 0.05) is 12.1 Å². The van der Waals surface area contributed by atoms with Gasteiger partial charge in [-0.1, -0.05) is 30.3 Å². The van der Waals surface area contributed by atoms with Gasteiger partial charge in [0.2, 0.25) is 0 Å². The molecule has 0 bridgehead atoms. The summed E-state index contributed by atoms with van der Waals surface area (Å²) in [6.07, 6.45) is 0. The molecule has 20 heavy (non-hydrogen) atoms. The van der Waals surface area contributed by atoms with E-state index in [0.717, 1.165) is 0 Å². The summed E-state index contributed by atoms with van der Waals surface area (Å²) < 4.78 is 10.6. The summed E-state index contributed by atoms with van der Waals surface area (Å²) in [6, 6.07) is 14.6. The molecule has 0 saturated carbocycles. The van der Waals surface area contributed by atoms with Crippen molar-refractivity contribution in [2.24, 2.45) is 5.73 Å². The summed E-state index contributed by atoms with van der Waals surface area (Å²) >= 11 is 0. The van der Waals surface area contributed by atoms with Gasteiger partial charge in [0.15, 0.2) is 0 Å². The Morgan fingerprint density at radius 2 is 1.75 bits per heavy atom. The molecular weight excluding hydrogens is 254 g/mol. The Hall–Kier alpha value is -2.04. The molecule has 0 radical (unpaired) electrons. The van der Waals surface area contributed by atoms with Gasteiger partial charge < -0.3 is 20.3 Å². The molecule has 2 aromatic rings. The molecule has 0 saturated heterocycles. The van der Waals surface area contributed by atoms with Crippen molar-refractivity contribution in [2.75, 3.05) is 20.8 Å². The molecule has 0 spiro atoms. The lowest BCUT2D eigenvalue weighted by atomic mass is 9.85. The second-order valence-electron chi connectivity index (χ2n) is 4.50. The van der Waals surface area contributed by atoms with Crippen molar-refractivity contribution in [1.29, 1.82) is 0 Å². The van der Waals surface area contributed by atoms with Crippen LogP contribution in [0.3, 0.4) is 0 Å². The number of hydrogen-bond acceptors (Lipinski definition) is 4. The fourth-order valence-corrected chi connectivity index (χ4v) is 2.23. The molecule has 0 aliphatic carbocycles. The van der Waals surface area contributed by atoms with Crippen LogP contribution >= 0.6 is 0 Å². The molecule has 3 N–H and O–H groups in total. The molecule has 0 amide bonds. The first-order chi connectivity index (χ1) is 9.65. The van der Waals surface area contributed by atoms with Crippen molar-refractivity contribution in [1.82, 2.24) is 0 Å². The van der Waals surface area contributed by atoms with E-state index in [4.69, 9.17) is 15.2 Å². The maximum absolute atomic E-state index is 11.0. The van der Waals surface area contributed by atoms with Crippen molar-refractivity contribution < 1.29 is 14.6 Å². The lowest BCUT2D eigenvalue weighted by Crippen LogP contribution is -2.36. The van der Waals surface area contributed by atoms with Gasteiger partial charge in [0.25, 0.3) is 0 Å². The van der Waals surface area contributed by atoms with Crippen LogP contribution in [0.25, 0.3) is 0 Å². The second-order valence-corrected chi connectivity index (χ2v) is 4.50. The maximum atomic E-state index is 11.0. The largest absolute Gasteiger partial charge is 0.497 e. The fraction of sp³-hybridized carbons (Fsp3) is 0.250. The molecule has 1 unspecified atom stereocenters. The molecule has 2 aromatic carbocycles. The minimum atomic E-state index is -1.32. The van der Waals surface area contributed by atoms with Crippen LogP contribution in [0, 0.1) is 0 Å². The third-order valence-electron chi connectivity index (χ3n) is 3.40. The Bertz CT molecular complexity index is 571. The predicted octanol–water partition coefficient (Wildman–Crippen LogP) is 1.90. The Morgan fingerprint density at radius 3 is 2.30 bits per heavy atom. The summed E-state index contributed by atoms with van der Waals surface area (Å²) in [6.45, 7) is 0.0422. The fourth-order valence-electron chi connectivity index (χ4n) is 2.23. The third kappa shape index (κ3) is 2.48. The van der Waals surface area contributed by atoms with E-state index in [1.807, 2.05) is 30.3 Å². The minimum absolute atomic E-state index is 0.0422. The Balaban J connectivity index is 2.61. The van der Waals surface area contributed by atoms with Crippen LogP contribution in [-0.4, -0.2) is 25.9 Å². The molecule has 0 heterocycles. The van der Waals surface area contributed by atoms with Crippen molar-refractivity contribution in [3.8, 4) is 11.5 Å². The Morgan fingerprint density at radius 1 is 1.05 bits per heavy atom. The first-order valence-electron chi connectivity index (χ1n) is 6.36. The highest BCUT2D eigenvalue weighted by Crippen LogP contribution is 2.37. The molecule has 0 aliphatic rings. The van der Waals surface area contributed by atoms with Crippen LogP contribution in [0.1, 0.15) is 11.1 Å². The second kappa shape index (κ2) is 5.94. The van der Waals surface area contributed by atoms with E-state index >= 15 is 0 Å². The van der Waals surface area contributed by atoms with Crippen LogP contribution in [0.2, 0.25) is 0 Å². The van der Waals surface area contributed by atoms with E-state index in [1.54, 1.807) is 32.4 Å². The zero-order valence-corrected chi connectivity index (χ0v) is 11.7. The molecule has 4 heteroatoms. The molecule has 4 nitrogen and oxygen atoms in total.